The van der Waals surface area contributed by atoms with E-state index in [1.165, 1.54) is 5.56 Å². The van der Waals surface area contributed by atoms with E-state index in [4.69, 9.17) is 4.74 Å². The van der Waals surface area contributed by atoms with Gasteiger partial charge in [0.25, 0.3) is 0 Å². The highest BCUT2D eigenvalue weighted by atomic mass is 16.5. The average molecular weight is 285 g/mol. The van der Waals surface area contributed by atoms with Gasteiger partial charge in [0.1, 0.15) is 5.75 Å². The van der Waals surface area contributed by atoms with Crippen LogP contribution in [0, 0.1) is 0 Å². The van der Waals surface area contributed by atoms with Crippen molar-refractivity contribution in [2.24, 2.45) is 0 Å². The van der Waals surface area contributed by atoms with Crippen LogP contribution in [-0.4, -0.2) is 42.7 Å². The Hall–Kier alpha value is -2.37. The fourth-order valence-electron chi connectivity index (χ4n) is 2.36. The van der Waals surface area contributed by atoms with E-state index in [-0.39, 0.29) is 0 Å². The second-order valence-electron chi connectivity index (χ2n) is 5.17. The third-order valence-electron chi connectivity index (χ3n) is 3.42. The Morgan fingerprint density at radius 1 is 1.19 bits per heavy atom. The molecule has 0 atom stereocenters. The maximum Gasteiger partial charge on any atom is 0.230 e. The Bertz CT molecular complexity index is 657. The Balaban J connectivity index is 2.14. The van der Waals surface area contributed by atoms with Crippen molar-refractivity contribution in [1.29, 1.82) is 0 Å². The summed E-state index contributed by atoms with van der Waals surface area (Å²) in [5, 5.41) is 2.98. The molecule has 0 amide bonds. The summed E-state index contributed by atoms with van der Waals surface area (Å²) in [6.45, 7) is 0.745. The molecule has 0 saturated carbocycles. The van der Waals surface area contributed by atoms with E-state index in [2.05, 4.69) is 26.3 Å². The van der Waals surface area contributed by atoms with Crippen LogP contribution in [0.15, 0.2) is 18.2 Å². The number of aryl methyl sites for hydroxylation is 1. The van der Waals surface area contributed by atoms with Gasteiger partial charge in [-0.3, -0.25) is 0 Å². The number of nitrogens with zero attached hydrogens (tertiary/aromatic N) is 4. The van der Waals surface area contributed by atoms with Crippen molar-refractivity contribution in [3.05, 3.63) is 23.8 Å². The Morgan fingerprint density at radius 3 is 2.81 bits per heavy atom. The molecule has 1 aliphatic rings. The number of anilines is 2. The van der Waals surface area contributed by atoms with Crippen molar-refractivity contribution >= 4 is 11.9 Å². The normalized spacial score (nSPS) is 13.3. The SMILES string of the molecule is CNc1nc(-c2cccc3c2OCCC3)nc(N(C)C)n1. The molecule has 0 saturated heterocycles. The van der Waals surface area contributed by atoms with Crippen LogP contribution in [0.3, 0.4) is 0 Å². The largest absolute Gasteiger partial charge is 0.493 e. The van der Waals surface area contributed by atoms with E-state index in [1.54, 1.807) is 7.05 Å². The van der Waals surface area contributed by atoms with Crippen LogP contribution >= 0.6 is 0 Å². The molecule has 1 aliphatic heterocycles. The van der Waals surface area contributed by atoms with Gasteiger partial charge in [-0.1, -0.05) is 12.1 Å². The summed E-state index contributed by atoms with van der Waals surface area (Å²) < 4.78 is 5.85. The van der Waals surface area contributed by atoms with Gasteiger partial charge in [0.15, 0.2) is 5.82 Å². The van der Waals surface area contributed by atoms with Crippen LogP contribution in [0.5, 0.6) is 5.75 Å². The molecule has 0 spiro atoms. The molecule has 6 nitrogen and oxygen atoms in total. The second-order valence-corrected chi connectivity index (χ2v) is 5.17. The first-order valence-corrected chi connectivity index (χ1v) is 7.05. The quantitative estimate of drug-likeness (QED) is 0.930. The molecule has 0 aliphatic carbocycles. The van der Waals surface area contributed by atoms with E-state index in [0.717, 1.165) is 30.8 Å². The highest BCUT2D eigenvalue weighted by Crippen LogP contribution is 2.35. The predicted molar refractivity (Wildman–Crippen MR) is 83.0 cm³/mol. The lowest BCUT2D eigenvalue weighted by Crippen LogP contribution is -2.16. The zero-order chi connectivity index (χ0) is 14.8. The van der Waals surface area contributed by atoms with E-state index in [9.17, 15) is 0 Å². The number of rotatable bonds is 3. The smallest absolute Gasteiger partial charge is 0.230 e. The first kappa shape index (κ1) is 13.6. The number of benzene rings is 1. The van der Waals surface area contributed by atoms with Gasteiger partial charge < -0.3 is 15.0 Å². The van der Waals surface area contributed by atoms with Crippen molar-refractivity contribution < 1.29 is 4.74 Å². The van der Waals surface area contributed by atoms with Gasteiger partial charge in [-0.05, 0) is 24.5 Å². The summed E-state index contributed by atoms with van der Waals surface area (Å²) in [5.41, 5.74) is 2.14. The van der Waals surface area contributed by atoms with Crippen LogP contribution in [0.1, 0.15) is 12.0 Å². The molecule has 0 unspecified atom stereocenters. The Morgan fingerprint density at radius 2 is 2.05 bits per heavy atom. The Kier molecular flexibility index (Phi) is 3.60. The average Bonchev–Trinajstić information content (AvgIpc) is 2.53. The molecule has 3 rings (SSSR count). The lowest BCUT2D eigenvalue weighted by molar-refractivity contribution is 0.289. The zero-order valence-corrected chi connectivity index (χ0v) is 12.6. The molecule has 110 valence electrons. The Labute approximate surface area is 124 Å². The monoisotopic (exact) mass is 285 g/mol. The van der Waals surface area contributed by atoms with Crippen molar-refractivity contribution in [1.82, 2.24) is 15.0 Å². The van der Waals surface area contributed by atoms with Gasteiger partial charge in [-0.15, -0.1) is 0 Å². The van der Waals surface area contributed by atoms with Gasteiger partial charge in [0.2, 0.25) is 11.9 Å². The maximum absolute atomic E-state index is 5.85. The summed E-state index contributed by atoms with van der Waals surface area (Å²) in [4.78, 5) is 15.2. The molecule has 2 aromatic rings. The highest BCUT2D eigenvalue weighted by Gasteiger charge is 2.18. The number of ether oxygens (including phenoxy) is 1. The van der Waals surface area contributed by atoms with Gasteiger partial charge in [0.05, 0.1) is 12.2 Å². The first-order valence-electron chi connectivity index (χ1n) is 7.05. The minimum absolute atomic E-state index is 0.553. The van der Waals surface area contributed by atoms with Crippen LogP contribution in [0.25, 0.3) is 11.4 Å². The minimum atomic E-state index is 0.553. The van der Waals surface area contributed by atoms with E-state index in [1.807, 2.05) is 31.1 Å². The summed E-state index contributed by atoms with van der Waals surface area (Å²) >= 11 is 0. The summed E-state index contributed by atoms with van der Waals surface area (Å²) in [7, 11) is 5.63. The molecule has 1 aromatic heterocycles. The molecule has 21 heavy (non-hydrogen) atoms. The van der Waals surface area contributed by atoms with Crippen LogP contribution in [0.2, 0.25) is 0 Å². The lowest BCUT2D eigenvalue weighted by Gasteiger charge is -2.20. The number of fused-ring (bicyclic) bond motifs is 1. The topological polar surface area (TPSA) is 63.2 Å². The third kappa shape index (κ3) is 2.61. The zero-order valence-electron chi connectivity index (χ0n) is 12.6. The molecular weight excluding hydrogens is 266 g/mol. The standard InChI is InChI=1S/C15H19N5O/c1-16-14-17-13(18-15(19-14)20(2)3)11-8-4-6-10-7-5-9-21-12(10)11/h4,6,8H,5,7,9H2,1-3H3,(H,16,17,18,19). The van der Waals surface area contributed by atoms with Gasteiger partial charge in [0, 0.05) is 21.1 Å². The van der Waals surface area contributed by atoms with Gasteiger partial charge in [-0.2, -0.15) is 15.0 Å². The van der Waals surface area contributed by atoms with Crippen molar-refractivity contribution in [2.75, 3.05) is 38.0 Å². The van der Waals surface area contributed by atoms with Crippen molar-refractivity contribution in [3.8, 4) is 17.1 Å². The van der Waals surface area contributed by atoms with E-state index < -0.39 is 0 Å². The molecule has 2 heterocycles. The molecular formula is C15H19N5O. The second kappa shape index (κ2) is 5.55. The summed E-state index contributed by atoms with van der Waals surface area (Å²) in [6.07, 6.45) is 2.09. The molecule has 6 heteroatoms. The first-order chi connectivity index (χ1) is 10.2. The van der Waals surface area contributed by atoms with E-state index in [0.29, 0.717) is 17.7 Å². The number of hydrogen-bond donors (Lipinski definition) is 1. The van der Waals surface area contributed by atoms with Crippen molar-refractivity contribution in [3.63, 3.8) is 0 Å². The number of para-hydroxylation sites is 1. The predicted octanol–water partition coefficient (Wildman–Crippen LogP) is 1.97. The van der Waals surface area contributed by atoms with E-state index >= 15 is 0 Å². The molecule has 1 N–H and O–H groups in total. The minimum Gasteiger partial charge on any atom is -0.493 e. The fourth-order valence-corrected chi connectivity index (χ4v) is 2.36. The third-order valence-corrected chi connectivity index (χ3v) is 3.42. The highest BCUT2D eigenvalue weighted by molar-refractivity contribution is 5.68. The van der Waals surface area contributed by atoms with Crippen LogP contribution in [-0.2, 0) is 6.42 Å². The van der Waals surface area contributed by atoms with Crippen LogP contribution in [0.4, 0.5) is 11.9 Å². The maximum atomic E-state index is 5.85. The molecule has 0 fully saturated rings. The molecule has 1 aromatic carbocycles. The van der Waals surface area contributed by atoms with Crippen LogP contribution < -0.4 is 15.0 Å². The van der Waals surface area contributed by atoms with Gasteiger partial charge >= 0.3 is 0 Å². The molecule has 0 radical (unpaired) electrons. The summed E-state index contributed by atoms with van der Waals surface area (Å²) in [6, 6.07) is 6.13. The summed E-state index contributed by atoms with van der Waals surface area (Å²) in [5.74, 6) is 2.72. The van der Waals surface area contributed by atoms with Crippen molar-refractivity contribution in [2.45, 2.75) is 12.8 Å². The number of nitrogens with one attached hydrogen (secondary N) is 1. The number of aromatic nitrogens is 3. The molecule has 0 bridgehead atoms. The lowest BCUT2D eigenvalue weighted by atomic mass is 10.0. The van der Waals surface area contributed by atoms with Gasteiger partial charge in [-0.25, -0.2) is 0 Å². The fraction of sp³-hybridized carbons (Fsp3) is 0.400. The number of hydrogen-bond acceptors (Lipinski definition) is 6.